The van der Waals surface area contributed by atoms with Crippen LogP contribution in [0.1, 0.15) is 310 Å². The van der Waals surface area contributed by atoms with Crippen LogP contribution in [0.15, 0.2) is 194 Å². The molecule has 0 saturated heterocycles. The molecule has 0 aromatic carbocycles. The molecule has 0 aromatic heterocycles. The van der Waals surface area contributed by atoms with Crippen LogP contribution >= 0.6 is 15.6 Å². The van der Waals surface area contributed by atoms with E-state index in [0.29, 0.717) is 25.7 Å². The highest BCUT2D eigenvalue weighted by Gasteiger charge is 2.30. The second-order valence-electron chi connectivity index (χ2n) is 27.6. The van der Waals surface area contributed by atoms with Crippen molar-refractivity contribution in [1.29, 1.82) is 0 Å². The van der Waals surface area contributed by atoms with Crippen LogP contribution in [-0.4, -0.2) is 96.7 Å². The molecule has 112 heavy (non-hydrogen) atoms. The van der Waals surface area contributed by atoms with Gasteiger partial charge in [-0.15, -0.1) is 0 Å². The predicted octanol–water partition coefficient (Wildman–Crippen LogP) is 25.7. The van der Waals surface area contributed by atoms with E-state index in [2.05, 4.69) is 222 Å². The minimum atomic E-state index is -5.01. The number of aliphatic hydroxyl groups excluding tert-OH is 1. The standard InChI is InChI=1S/C93H150O17P2/c1-5-9-13-17-21-25-29-33-37-40-43-46-50-54-58-62-66-70-74-78-91(96)104-84-89(110-93(98)80-76-72-68-64-60-56-52-48-45-42-39-35-31-27-23-19-15-11-7-3)86-108-112(101,102)106-82-87(94)81-105-111(99,100)107-85-88(83-103-90(95)77-73-69-65-61-57-53-49-36-32-28-24-20-16-12-8-4)109-92(97)79-75-71-67-63-59-55-51-47-44-41-38-34-30-26-22-18-14-10-6-2/h9-11,13-15,21-23,25-28,32-35,37-39,43-48,54-56,58-60,87-89,94H,5-8,12,16-20,24,29-31,36,40-42,49-53,57,61-86H2,1-4H3,(H,99,100)(H,101,102)/b13-9-,14-10-,15-11-,25-21-,26-22-,27-23-,32-28-,37-33-,38-34-,39-35-,46-43-,47-44-,48-45-,58-54-,59-55-,60-56-/t87-,88+,89+/m0/s1. The van der Waals surface area contributed by atoms with Crippen molar-refractivity contribution in [1.82, 2.24) is 0 Å². The van der Waals surface area contributed by atoms with Crippen molar-refractivity contribution in [3.63, 3.8) is 0 Å². The summed E-state index contributed by atoms with van der Waals surface area (Å²) in [5, 5.41) is 10.7. The average Bonchev–Trinajstić information content (AvgIpc) is 0.908. The molecule has 3 N–H and O–H groups in total. The van der Waals surface area contributed by atoms with Gasteiger partial charge in [-0.1, -0.05) is 293 Å². The van der Waals surface area contributed by atoms with Gasteiger partial charge in [0.2, 0.25) is 0 Å². The molecule has 5 atom stereocenters. The molecule has 0 radical (unpaired) electrons. The van der Waals surface area contributed by atoms with Gasteiger partial charge in [0.1, 0.15) is 19.3 Å². The molecule has 17 nitrogen and oxygen atoms in total. The number of phosphoric ester groups is 2. The van der Waals surface area contributed by atoms with Gasteiger partial charge in [-0.2, -0.15) is 0 Å². The van der Waals surface area contributed by atoms with E-state index in [1.165, 1.54) is 25.7 Å². The normalized spacial score (nSPS) is 14.7. The number of allylic oxidation sites excluding steroid dienone is 32. The highest BCUT2D eigenvalue weighted by molar-refractivity contribution is 7.47. The van der Waals surface area contributed by atoms with Crippen molar-refractivity contribution in [2.75, 3.05) is 39.6 Å². The zero-order chi connectivity index (χ0) is 81.7. The summed E-state index contributed by atoms with van der Waals surface area (Å²) in [7, 11) is -10.0. The maximum atomic E-state index is 13.2. The first-order valence-corrected chi connectivity index (χ1v) is 45.7. The summed E-state index contributed by atoms with van der Waals surface area (Å²) in [6.45, 7) is 4.40. The molecule has 2 unspecified atom stereocenters. The van der Waals surface area contributed by atoms with Crippen molar-refractivity contribution in [3.8, 4) is 0 Å². The first-order valence-electron chi connectivity index (χ1n) is 42.7. The number of aliphatic hydroxyl groups is 1. The Labute approximate surface area is 678 Å². The molecule has 0 aliphatic carbocycles. The Morgan fingerprint density at radius 2 is 0.464 bits per heavy atom. The summed E-state index contributed by atoms with van der Waals surface area (Å²) in [5.74, 6) is -2.30. The van der Waals surface area contributed by atoms with Gasteiger partial charge in [-0.3, -0.25) is 37.3 Å². The Hall–Kier alpha value is -6.10. The number of esters is 4. The number of rotatable bonds is 78. The smallest absolute Gasteiger partial charge is 0.462 e. The summed E-state index contributed by atoms with van der Waals surface area (Å²) in [5.41, 5.74) is 0. The van der Waals surface area contributed by atoms with Crippen LogP contribution in [0.5, 0.6) is 0 Å². The van der Waals surface area contributed by atoms with Gasteiger partial charge in [0, 0.05) is 25.7 Å². The maximum absolute atomic E-state index is 13.2. The summed E-state index contributed by atoms with van der Waals surface area (Å²) in [6.07, 6.45) is 102. The van der Waals surface area contributed by atoms with E-state index in [9.17, 15) is 43.2 Å². The van der Waals surface area contributed by atoms with Gasteiger partial charge in [0.15, 0.2) is 12.2 Å². The Morgan fingerprint density at radius 3 is 0.732 bits per heavy atom. The monoisotopic (exact) mass is 1600 g/mol. The van der Waals surface area contributed by atoms with E-state index < -0.39 is 97.5 Å². The zero-order valence-corrected chi connectivity index (χ0v) is 71.3. The van der Waals surface area contributed by atoms with E-state index in [1.807, 2.05) is 0 Å². The second-order valence-corrected chi connectivity index (χ2v) is 30.5. The lowest BCUT2D eigenvalue weighted by atomic mass is 10.1. The fraction of sp³-hybridized carbons (Fsp3) is 0.613. The minimum Gasteiger partial charge on any atom is -0.462 e. The molecule has 0 fully saturated rings. The van der Waals surface area contributed by atoms with Crippen molar-refractivity contribution in [2.24, 2.45) is 0 Å². The Kier molecular flexibility index (Phi) is 78.4. The molecule has 0 heterocycles. The van der Waals surface area contributed by atoms with Gasteiger partial charge >= 0.3 is 39.5 Å². The summed E-state index contributed by atoms with van der Waals surface area (Å²) >= 11 is 0. The fourth-order valence-electron chi connectivity index (χ4n) is 10.6. The highest BCUT2D eigenvalue weighted by atomic mass is 31.2. The number of carbonyl (C=O) groups is 4. The van der Waals surface area contributed by atoms with Crippen molar-refractivity contribution in [2.45, 2.75) is 329 Å². The first-order chi connectivity index (χ1) is 54.7. The Bertz CT molecular complexity index is 2890. The van der Waals surface area contributed by atoms with Crippen LogP contribution in [-0.2, 0) is 65.4 Å². The number of phosphoric acid groups is 2. The maximum Gasteiger partial charge on any atom is 0.472 e. The van der Waals surface area contributed by atoms with Crippen molar-refractivity contribution < 1.29 is 80.2 Å². The first kappa shape index (κ1) is 106. The van der Waals surface area contributed by atoms with E-state index in [1.54, 1.807) is 0 Å². The summed E-state index contributed by atoms with van der Waals surface area (Å²) < 4.78 is 68.8. The van der Waals surface area contributed by atoms with E-state index in [0.717, 1.165) is 205 Å². The number of unbranched alkanes of at least 4 members (excludes halogenated alkanes) is 20. The van der Waals surface area contributed by atoms with Crippen LogP contribution in [0.25, 0.3) is 0 Å². The zero-order valence-electron chi connectivity index (χ0n) is 69.5. The average molecular weight is 1600 g/mol. The molecule has 0 rings (SSSR count). The van der Waals surface area contributed by atoms with Crippen LogP contribution in [0.3, 0.4) is 0 Å². The molecule has 19 heteroatoms. The molecule has 0 aromatic rings. The predicted molar refractivity (Wildman–Crippen MR) is 463 cm³/mol. The SMILES string of the molecule is CC/C=C\C/C=C\C/C=C\C/C=C\C/C=C\CCCCCC(=O)OC[C@H](COP(=O)(O)OC[C@@H](O)COP(=O)(O)OC[C@@H](COC(=O)CCCCCCCCC/C=C\CCCCCC)OC(=O)CCCCC/C=C\C/C=C\C/C=C\C/C=C\C/C=C\CC)OC(=O)CCCCC/C=C\C/C=C\C/C=C\C/C=C\C/C=C\CC. The third-order valence-corrected chi connectivity index (χ3v) is 18.9. The quantitative estimate of drug-likeness (QED) is 0.0169. The molecule has 0 amide bonds. The lowest BCUT2D eigenvalue weighted by Crippen LogP contribution is -2.30. The van der Waals surface area contributed by atoms with Gasteiger partial charge in [0.05, 0.1) is 26.4 Å². The highest BCUT2D eigenvalue weighted by Crippen LogP contribution is 2.45. The van der Waals surface area contributed by atoms with E-state index >= 15 is 0 Å². The molecule has 0 aliphatic heterocycles. The number of hydrogen-bond acceptors (Lipinski definition) is 15. The molecule has 634 valence electrons. The third kappa shape index (κ3) is 81.9. The van der Waals surface area contributed by atoms with Crippen LogP contribution in [0.4, 0.5) is 0 Å². The molecule has 0 bridgehead atoms. The molecule has 0 spiro atoms. The van der Waals surface area contributed by atoms with Gasteiger partial charge < -0.3 is 33.8 Å². The van der Waals surface area contributed by atoms with E-state index in [4.69, 9.17) is 37.0 Å². The molecular formula is C93H150O17P2. The van der Waals surface area contributed by atoms with Crippen LogP contribution in [0, 0.1) is 0 Å². The Balaban J connectivity index is 5.52. The summed E-state index contributed by atoms with van der Waals surface area (Å²) in [6, 6.07) is 0. The lowest BCUT2D eigenvalue weighted by Gasteiger charge is -2.21. The summed E-state index contributed by atoms with van der Waals surface area (Å²) in [4.78, 5) is 73.3. The number of carbonyl (C=O) groups excluding carboxylic acids is 4. The second kappa shape index (κ2) is 82.9. The van der Waals surface area contributed by atoms with Crippen LogP contribution in [0.2, 0.25) is 0 Å². The van der Waals surface area contributed by atoms with Gasteiger partial charge in [-0.05, 0) is 186 Å². The van der Waals surface area contributed by atoms with Crippen molar-refractivity contribution >= 4 is 39.5 Å². The van der Waals surface area contributed by atoms with E-state index in [-0.39, 0.29) is 25.7 Å². The Morgan fingerprint density at radius 1 is 0.259 bits per heavy atom. The molecule has 0 aliphatic rings. The molecule has 0 saturated carbocycles. The number of hydrogen-bond donors (Lipinski definition) is 3. The fourth-order valence-corrected chi connectivity index (χ4v) is 12.2. The largest absolute Gasteiger partial charge is 0.472 e. The number of ether oxygens (including phenoxy) is 4. The van der Waals surface area contributed by atoms with Crippen LogP contribution < -0.4 is 0 Å². The van der Waals surface area contributed by atoms with Gasteiger partial charge in [-0.25, -0.2) is 9.13 Å². The minimum absolute atomic E-state index is 0.0392. The van der Waals surface area contributed by atoms with Crippen molar-refractivity contribution in [3.05, 3.63) is 194 Å². The topological polar surface area (TPSA) is 237 Å². The van der Waals surface area contributed by atoms with Gasteiger partial charge in [0.25, 0.3) is 0 Å². The third-order valence-electron chi connectivity index (χ3n) is 17.0. The lowest BCUT2D eigenvalue weighted by molar-refractivity contribution is -0.161. The molecular weight excluding hydrogens is 1450 g/mol.